The minimum absolute atomic E-state index is 0.453. The predicted octanol–water partition coefficient (Wildman–Crippen LogP) is 2.45. The maximum absolute atomic E-state index is 5.89. The topological polar surface area (TPSA) is 32.3 Å². The van der Waals surface area contributed by atoms with Crippen LogP contribution in [0.5, 0.6) is 0 Å². The smallest absolute Gasteiger partial charge is 0.149 e. The van der Waals surface area contributed by atoms with Gasteiger partial charge in [-0.1, -0.05) is 41.9 Å². The Balaban J connectivity index is 1.57. The van der Waals surface area contributed by atoms with Gasteiger partial charge in [0.2, 0.25) is 0 Å². The van der Waals surface area contributed by atoms with E-state index >= 15 is 0 Å². The molecule has 2 heterocycles. The van der Waals surface area contributed by atoms with Gasteiger partial charge in [0.25, 0.3) is 0 Å². The molecule has 4 nitrogen and oxygen atoms in total. The number of aromatic nitrogens is 2. The van der Waals surface area contributed by atoms with Crippen molar-refractivity contribution < 1.29 is 0 Å². The summed E-state index contributed by atoms with van der Waals surface area (Å²) in [6.45, 7) is 4.99. The average Bonchev–Trinajstić information content (AvgIpc) is 2.49. The lowest BCUT2D eigenvalue weighted by Crippen LogP contribution is -2.46. The highest BCUT2D eigenvalue weighted by Crippen LogP contribution is 2.16. The van der Waals surface area contributed by atoms with Crippen LogP contribution in [0, 0.1) is 0 Å². The monoisotopic (exact) mass is 288 g/mol. The second kappa shape index (κ2) is 6.20. The van der Waals surface area contributed by atoms with Crippen LogP contribution in [0.25, 0.3) is 0 Å². The number of hydrogen-bond acceptors (Lipinski definition) is 4. The van der Waals surface area contributed by atoms with Crippen LogP contribution in [0.15, 0.2) is 42.7 Å². The molecule has 1 saturated heterocycles. The highest BCUT2D eigenvalue weighted by molar-refractivity contribution is 6.29. The molecule has 0 saturated carbocycles. The lowest BCUT2D eigenvalue weighted by Gasteiger charge is -2.35. The maximum Gasteiger partial charge on any atom is 0.149 e. The van der Waals surface area contributed by atoms with Gasteiger partial charge in [-0.2, -0.15) is 0 Å². The molecule has 0 atom stereocenters. The summed E-state index contributed by atoms with van der Waals surface area (Å²) in [6, 6.07) is 10.6. The molecule has 3 rings (SSSR count). The van der Waals surface area contributed by atoms with Gasteiger partial charge >= 0.3 is 0 Å². The minimum Gasteiger partial charge on any atom is -0.353 e. The molecule has 0 N–H and O–H groups in total. The summed E-state index contributed by atoms with van der Waals surface area (Å²) < 4.78 is 0. The summed E-state index contributed by atoms with van der Waals surface area (Å²) in [7, 11) is 0. The second-order valence-corrected chi connectivity index (χ2v) is 5.34. The molecule has 1 aliphatic rings. The molecule has 1 aliphatic heterocycles. The predicted molar refractivity (Wildman–Crippen MR) is 81.0 cm³/mol. The van der Waals surface area contributed by atoms with Gasteiger partial charge in [-0.25, -0.2) is 4.98 Å². The van der Waals surface area contributed by atoms with E-state index in [1.807, 2.05) is 0 Å². The van der Waals surface area contributed by atoms with Crippen molar-refractivity contribution in [3.8, 4) is 0 Å². The highest BCUT2D eigenvalue weighted by atomic mass is 35.5. The van der Waals surface area contributed by atoms with E-state index in [0.717, 1.165) is 38.5 Å². The van der Waals surface area contributed by atoms with Gasteiger partial charge in [-0.05, 0) is 5.56 Å². The Morgan fingerprint density at radius 2 is 1.75 bits per heavy atom. The SMILES string of the molecule is Clc1cncc(N2CCN(Cc3ccccc3)CC2)n1. The standard InChI is InChI=1S/C15H17ClN4/c16-14-10-17-11-15(18-14)20-8-6-19(7-9-20)12-13-4-2-1-3-5-13/h1-5,10-11H,6-9,12H2. The molecule has 1 aromatic carbocycles. The maximum atomic E-state index is 5.89. The van der Waals surface area contributed by atoms with Gasteiger partial charge < -0.3 is 4.90 Å². The van der Waals surface area contributed by atoms with E-state index in [4.69, 9.17) is 11.6 Å². The van der Waals surface area contributed by atoms with Crippen LogP contribution in [0.3, 0.4) is 0 Å². The Morgan fingerprint density at radius 1 is 1.00 bits per heavy atom. The summed E-state index contributed by atoms with van der Waals surface area (Å²) in [5.41, 5.74) is 1.36. The fourth-order valence-electron chi connectivity index (χ4n) is 2.46. The number of hydrogen-bond donors (Lipinski definition) is 0. The third-order valence-corrected chi connectivity index (χ3v) is 3.72. The van der Waals surface area contributed by atoms with E-state index < -0.39 is 0 Å². The second-order valence-electron chi connectivity index (χ2n) is 4.95. The third-order valence-electron chi connectivity index (χ3n) is 3.54. The van der Waals surface area contributed by atoms with Gasteiger partial charge in [0.15, 0.2) is 0 Å². The number of halogens is 1. The van der Waals surface area contributed by atoms with Crippen molar-refractivity contribution in [1.82, 2.24) is 14.9 Å². The van der Waals surface area contributed by atoms with E-state index in [-0.39, 0.29) is 0 Å². The van der Waals surface area contributed by atoms with E-state index in [2.05, 4.69) is 50.1 Å². The lowest BCUT2D eigenvalue weighted by atomic mass is 10.2. The number of piperazine rings is 1. The summed E-state index contributed by atoms with van der Waals surface area (Å²) in [4.78, 5) is 13.1. The molecular weight excluding hydrogens is 272 g/mol. The van der Waals surface area contributed by atoms with Gasteiger partial charge in [0.1, 0.15) is 11.0 Å². The zero-order valence-corrected chi connectivity index (χ0v) is 12.0. The van der Waals surface area contributed by atoms with E-state index in [0.29, 0.717) is 5.15 Å². The summed E-state index contributed by atoms with van der Waals surface area (Å²) in [6.07, 6.45) is 3.34. The average molecular weight is 289 g/mol. The van der Waals surface area contributed by atoms with Crippen molar-refractivity contribution >= 4 is 17.4 Å². The first-order valence-electron chi connectivity index (χ1n) is 6.80. The molecule has 0 unspecified atom stereocenters. The highest BCUT2D eigenvalue weighted by Gasteiger charge is 2.18. The normalized spacial score (nSPS) is 16.4. The Labute approximate surface area is 124 Å². The van der Waals surface area contributed by atoms with Crippen LogP contribution in [0.1, 0.15) is 5.56 Å². The van der Waals surface area contributed by atoms with Crippen molar-refractivity contribution in [1.29, 1.82) is 0 Å². The Hall–Kier alpha value is -1.65. The van der Waals surface area contributed by atoms with Crippen LogP contribution < -0.4 is 4.90 Å². The Kier molecular flexibility index (Phi) is 4.14. The van der Waals surface area contributed by atoms with Crippen LogP contribution in [0.2, 0.25) is 5.15 Å². The van der Waals surface area contributed by atoms with Gasteiger partial charge in [-0.3, -0.25) is 9.88 Å². The first-order valence-corrected chi connectivity index (χ1v) is 7.18. The summed E-state index contributed by atoms with van der Waals surface area (Å²) in [5.74, 6) is 0.872. The molecule has 0 radical (unpaired) electrons. The largest absolute Gasteiger partial charge is 0.353 e. The summed E-state index contributed by atoms with van der Waals surface area (Å²) in [5, 5.41) is 0.453. The molecule has 5 heteroatoms. The quantitative estimate of drug-likeness (QED) is 0.868. The van der Waals surface area contributed by atoms with Crippen LogP contribution in [-0.4, -0.2) is 41.0 Å². The zero-order valence-electron chi connectivity index (χ0n) is 11.2. The fraction of sp³-hybridized carbons (Fsp3) is 0.333. The van der Waals surface area contributed by atoms with Crippen molar-refractivity contribution in [2.24, 2.45) is 0 Å². The van der Waals surface area contributed by atoms with Crippen LogP contribution in [0.4, 0.5) is 5.82 Å². The lowest BCUT2D eigenvalue weighted by molar-refractivity contribution is 0.249. The molecule has 104 valence electrons. The number of nitrogens with zero attached hydrogens (tertiary/aromatic N) is 4. The number of benzene rings is 1. The van der Waals surface area contributed by atoms with Crippen LogP contribution in [-0.2, 0) is 6.54 Å². The van der Waals surface area contributed by atoms with Gasteiger partial charge in [0.05, 0.1) is 12.4 Å². The van der Waals surface area contributed by atoms with E-state index in [1.165, 1.54) is 5.56 Å². The molecular formula is C15H17ClN4. The molecule has 1 fully saturated rings. The molecule has 0 amide bonds. The van der Waals surface area contributed by atoms with Gasteiger partial charge in [-0.15, -0.1) is 0 Å². The number of rotatable bonds is 3. The first kappa shape index (κ1) is 13.3. The molecule has 0 aliphatic carbocycles. The first-order chi connectivity index (χ1) is 9.81. The van der Waals surface area contributed by atoms with Crippen molar-refractivity contribution in [2.75, 3.05) is 31.1 Å². The molecule has 1 aromatic heterocycles. The zero-order chi connectivity index (χ0) is 13.8. The number of anilines is 1. The molecule has 0 spiro atoms. The Morgan fingerprint density at radius 3 is 2.45 bits per heavy atom. The minimum atomic E-state index is 0.453. The van der Waals surface area contributed by atoms with Crippen molar-refractivity contribution in [3.05, 3.63) is 53.4 Å². The van der Waals surface area contributed by atoms with E-state index in [1.54, 1.807) is 12.4 Å². The molecule has 20 heavy (non-hydrogen) atoms. The molecule has 0 bridgehead atoms. The van der Waals surface area contributed by atoms with Crippen molar-refractivity contribution in [2.45, 2.75) is 6.54 Å². The van der Waals surface area contributed by atoms with Crippen LogP contribution >= 0.6 is 11.6 Å². The van der Waals surface area contributed by atoms with Gasteiger partial charge in [0, 0.05) is 32.7 Å². The van der Waals surface area contributed by atoms with E-state index in [9.17, 15) is 0 Å². The Bertz CT molecular complexity index is 553. The molecule has 2 aromatic rings. The summed E-state index contributed by atoms with van der Waals surface area (Å²) >= 11 is 5.89. The van der Waals surface area contributed by atoms with Crippen molar-refractivity contribution in [3.63, 3.8) is 0 Å². The third kappa shape index (κ3) is 3.26. The fourth-order valence-corrected chi connectivity index (χ4v) is 2.60.